The number of aliphatic hydroxyl groups excluding tert-OH is 1. The van der Waals surface area contributed by atoms with Crippen LogP contribution in [0.15, 0.2) is 42.6 Å². The minimum atomic E-state index is -1.49. The summed E-state index contributed by atoms with van der Waals surface area (Å²) in [6, 6.07) is 10.5. The van der Waals surface area contributed by atoms with Gasteiger partial charge in [0.2, 0.25) is 5.28 Å². The molecule has 0 aliphatic carbocycles. The molecule has 4 atom stereocenters. The van der Waals surface area contributed by atoms with Crippen LogP contribution in [0.1, 0.15) is 30.7 Å². The van der Waals surface area contributed by atoms with Crippen LogP contribution in [0.3, 0.4) is 0 Å². The smallest absolute Gasteiger partial charge is 0.450 e. The largest absolute Gasteiger partial charge is 0.506 e. The number of nitrogens with two attached hydrogens (primary N) is 1. The summed E-state index contributed by atoms with van der Waals surface area (Å²) in [7, 11) is 0. The van der Waals surface area contributed by atoms with Crippen molar-refractivity contribution in [2.24, 2.45) is 0 Å². The van der Waals surface area contributed by atoms with E-state index in [1.807, 2.05) is 0 Å². The Bertz CT molecular complexity index is 1160. The molecule has 1 aliphatic heterocycles. The fourth-order valence-electron chi connectivity index (χ4n) is 3.85. The lowest BCUT2D eigenvalue weighted by Crippen LogP contribution is -2.40. The number of hydrogen-bond acceptors (Lipinski definition) is 7. The second-order valence-corrected chi connectivity index (χ2v) is 7.52. The summed E-state index contributed by atoms with van der Waals surface area (Å²) >= 11 is 5.95. The molecule has 0 saturated carbocycles. The van der Waals surface area contributed by atoms with Gasteiger partial charge in [-0.25, -0.2) is 9.78 Å². The molecule has 4 rings (SSSR count). The van der Waals surface area contributed by atoms with Gasteiger partial charge in [0.25, 0.3) is 0 Å². The summed E-state index contributed by atoms with van der Waals surface area (Å²) in [5, 5.41) is 20.6. The van der Waals surface area contributed by atoms with Crippen LogP contribution >= 0.6 is 11.6 Å². The van der Waals surface area contributed by atoms with Crippen LogP contribution in [0.5, 0.6) is 0 Å². The number of nitrogen functional groups attached to an aromatic ring is 1. The molecule has 1 fully saturated rings. The summed E-state index contributed by atoms with van der Waals surface area (Å²) in [6.07, 6.45) is 3.38. The third kappa shape index (κ3) is 3.88. The first-order valence-corrected chi connectivity index (χ1v) is 9.78. The van der Waals surface area contributed by atoms with Crippen LogP contribution in [0.4, 0.5) is 10.6 Å². The average Bonchev–Trinajstić information content (AvgIpc) is 3.29. The number of nitrogens with zero attached hydrogens (tertiary/aromatic N) is 3. The topological polar surface area (TPSA) is 133 Å². The second-order valence-electron chi connectivity index (χ2n) is 7.18. The molecule has 9 nitrogen and oxygen atoms in total. The molecular weight excluding hydrogens is 424 g/mol. The highest BCUT2D eigenvalue weighted by Crippen LogP contribution is 2.43. The fraction of sp³-hybridized carbons (Fsp3) is 0.286. The maximum atomic E-state index is 11.3. The Kier molecular flexibility index (Phi) is 5.45. The molecule has 1 saturated heterocycles. The van der Waals surface area contributed by atoms with Crippen molar-refractivity contribution >= 4 is 34.6 Å². The van der Waals surface area contributed by atoms with Crippen molar-refractivity contribution in [3.8, 4) is 12.3 Å². The minimum Gasteiger partial charge on any atom is -0.450 e. The molecule has 0 bridgehead atoms. The number of carbonyl (C=O) groups is 1. The van der Waals surface area contributed by atoms with Gasteiger partial charge in [0, 0.05) is 19.0 Å². The molecule has 160 valence electrons. The number of carboxylic acid groups (broad SMARTS) is 1. The number of hydrogen-bond donors (Lipinski definition) is 3. The van der Waals surface area contributed by atoms with Crippen molar-refractivity contribution in [1.82, 2.24) is 14.5 Å². The molecule has 3 heterocycles. The number of aliphatic hydroxyl groups is 1. The van der Waals surface area contributed by atoms with E-state index in [4.69, 9.17) is 33.2 Å². The van der Waals surface area contributed by atoms with Gasteiger partial charge in [0.15, 0.2) is 5.60 Å². The Morgan fingerprint density at radius 2 is 2.16 bits per heavy atom. The highest BCUT2D eigenvalue weighted by atomic mass is 35.5. The van der Waals surface area contributed by atoms with E-state index in [2.05, 4.69) is 15.9 Å². The summed E-state index contributed by atoms with van der Waals surface area (Å²) in [5.74, 6) is 2.74. The Morgan fingerprint density at radius 1 is 1.42 bits per heavy atom. The first kappa shape index (κ1) is 20.9. The molecule has 1 aromatic carbocycles. The highest BCUT2D eigenvalue weighted by Gasteiger charge is 2.50. The third-order valence-electron chi connectivity index (χ3n) is 5.34. The Labute approximate surface area is 182 Å². The monoisotopic (exact) mass is 442 g/mol. The van der Waals surface area contributed by atoms with E-state index in [1.165, 1.54) is 0 Å². The molecule has 2 aromatic heterocycles. The number of benzene rings is 1. The predicted octanol–water partition coefficient (Wildman–Crippen LogP) is 3.14. The summed E-state index contributed by atoms with van der Waals surface area (Å²) in [5.41, 5.74) is 5.45. The van der Waals surface area contributed by atoms with Crippen LogP contribution in [-0.4, -0.2) is 42.6 Å². The van der Waals surface area contributed by atoms with E-state index >= 15 is 0 Å². The minimum absolute atomic E-state index is 0.0225. The summed E-state index contributed by atoms with van der Waals surface area (Å²) in [6.45, 7) is 0. The van der Waals surface area contributed by atoms with E-state index in [-0.39, 0.29) is 23.9 Å². The second kappa shape index (κ2) is 8.07. The SMILES string of the molecule is C#C[C@@]1(CC(OC(=O)O)c2ccccc2)O[C@@H](n2ccc3c(N)nc(Cl)nc32)C[C@@H]1O. The van der Waals surface area contributed by atoms with Gasteiger partial charge in [-0.15, -0.1) is 6.42 Å². The molecule has 0 spiro atoms. The number of anilines is 1. The number of fused-ring (bicyclic) bond motifs is 1. The molecule has 0 radical (unpaired) electrons. The Hall–Kier alpha value is -3.32. The molecule has 3 aromatic rings. The first-order valence-electron chi connectivity index (χ1n) is 9.40. The number of aromatic nitrogens is 3. The lowest BCUT2D eigenvalue weighted by molar-refractivity contribution is -0.0896. The molecule has 4 N–H and O–H groups in total. The van der Waals surface area contributed by atoms with E-state index < -0.39 is 30.2 Å². The summed E-state index contributed by atoms with van der Waals surface area (Å²) < 4.78 is 12.9. The third-order valence-corrected chi connectivity index (χ3v) is 5.51. The quantitative estimate of drug-likeness (QED) is 0.312. The number of ether oxygens (including phenoxy) is 2. The van der Waals surface area contributed by atoms with E-state index in [0.29, 0.717) is 16.6 Å². The highest BCUT2D eigenvalue weighted by molar-refractivity contribution is 6.28. The van der Waals surface area contributed by atoms with Gasteiger partial charge in [0.05, 0.1) is 11.5 Å². The first-order chi connectivity index (χ1) is 14.8. The lowest BCUT2D eigenvalue weighted by atomic mass is 9.88. The lowest BCUT2D eigenvalue weighted by Gasteiger charge is -2.30. The number of halogens is 1. The van der Waals surface area contributed by atoms with Crippen molar-refractivity contribution in [2.45, 2.75) is 36.9 Å². The Balaban J connectivity index is 1.67. The standard InChI is InChI=1S/C21H19ClN4O5/c1-2-21(11-14(30-20(28)29)12-6-4-3-5-7-12)15(27)10-16(31-21)26-9-8-13-17(23)24-19(22)25-18(13)26/h1,3-9,14-16,27H,10-11H2,(H,28,29)(H2,23,24,25)/t14?,15-,16+,21-/m0/s1. The van der Waals surface area contributed by atoms with Gasteiger partial charge in [-0.2, -0.15) is 4.98 Å². The van der Waals surface area contributed by atoms with Crippen molar-refractivity contribution < 1.29 is 24.5 Å². The average molecular weight is 443 g/mol. The van der Waals surface area contributed by atoms with Crippen LogP contribution < -0.4 is 5.73 Å². The molecule has 1 aliphatic rings. The van der Waals surface area contributed by atoms with Gasteiger partial charge in [-0.3, -0.25) is 0 Å². The maximum Gasteiger partial charge on any atom is 0.506 e. The van der Waals surface area contributed by atoms with Crippen LogP contribution in [-0.2, 0) is 9.47 Å². The van der Waals surface area contributed by atoms with Gasteiger partial charge in [-0.05, 0) is 23.2 Å². The van der Waals surface area contributed by atoms with Crippen molar-refractivity contribution in [2.75, 3.05) is 5.73 Å². The van der Waals surface area contributed by atoms with Crippen molar-refractivity contribution in [3.63, 3.8) is 0 Å². The molecule has 0 amide bonds. The van der Waals surface area contributed by atoms with Crippen LogP contribution in [0.2, 0.25) is 5.28 Å². The van der Waals surface area contributed by atoms with Crippen LogP contribution in [0, 0.1) is 12.3 Å². The van der Waals surface area contributed by atoms with Gasteiger partial charge < -0.3 is 30.0 Å². The zero-order chi connectivity index (χ0) is 22.2. The van der Waals surface area contributed by atoms with Gasteiger partial charge >= 0.3 is 6.16 Å². The van der Waals surface area contributed by atoms with E-state index in [1.54, 1.807) is 47.2 Å². The molecule has 10 heteroatoms. The van der Waals surface area contributed by atoms with Gasteiger partial charge in [0.1, 0.15) is 23.8 Å². The summed E-state index contributed by atoms with van der Waals surface area (Å²) in [4.78, 5) is 19.4. The zero-order valence-electron chi connectivity index (χ0n) is 16.2. The van der Waals surface area contributed by atoms with Gasteiger partial charge in [-0.1, -0.05) is 36.3 Å². The number of terminal acetylenes is 1. The van der Waals surface area contributed by atoms with E-state index in [0.717, 1.165) is 0 Å². The molecule has 31 heavy (non-hydrogen) atoms. The van der Waals surface area contributed by atoms with Crippen molar-refractivity contribution in [3.05, 3.63) is 53.4 Å². The normalized spacial score (nSPS) is 24.0. The number of rotatable bonds is 5. The predicted molar refractivity (Wildman–Crippen MR) is 112 cm³/mol. The molecule has 1 unspecified atom stereocenters. The Morgan fingerprint density at radius 3 is 2.84 bits per heavy atom. The maximum absolute atomic E-state index is 11.3. The van der Waals surface area contributed by atoms with Crippen LogP contribution in [0.25, 0.3) is 11.0 Å². The fourth-order valence-corrected chi connectivity index (χ4v) is 4.02. The zero-order valence-corrected chi connectivity index (χ0v) is 16.9. The van der Waals surface area contributed by atoms with E-state index in [9.17, 15) is 15.0 Å². The van der Waals surface area contributed by atoms with Crippen molar-refractivity contribution in [1.29, 1.82) is 0 Å². The molecular formula is C21H19ClN4O5.